The van der Waals surface area contributed by atoms with Crippen LogP contribution in [0.1, 0.15) is 17.3 Å². The minimum Gasteiger partial charge on any atom is -1.00 e. The fourth-order valence-electron chi connectivity index (χ4n) is 3.48. The van der Waals surface area contributed by atoms with Gasteiger partial charge in [-0.1, -0.05) is 12.1 Å². The highest BCUT2D eigenvalue weighted by molar-refractivity contribution is 6.02. The number of carbonyl (C=O) groups excluding carboxylic acids is 1. The summed E-state index contributed by atoms with van der Waals surface area (Å²) in [7, 11) is 0. The van der Waals surface area contributed by atoms with Crippen molar-refractivity contribution in [3.05, 3.63) is 40.2 Å². The molecule has 0 saturated carbocycles. The number of halogens is 2. The Morgan fingerprint density at radius 2 is 1.93 bits per heavy atom. The van der Waals surface area contributed by atoms with E-state index in [1.165, 1.54) is 9.47 Å². The number of nitrogens with zero attached hydrogens (tertiary/aromatic N) is 1. The molecule has 0 atom stereocenters. The van der Waals surface area contributed by atoms with E-state index in [1.807, 2.05) is 13.0 Å². The van der Waals surface area contributed by atoms with Crippen molar-refractivity contribution < 1.29 is 44.9 Å². The van der Waals surface area contributed by atoms with Gasteiger partial charge >= 0.3 is 0 Å². The number of pyridine rings is 1. The number of amides is 1. The van der Waals surface area contributed by atoms with Gasteiger partial charge in [0.2, 0.25) is 0 Å². The molecule has 2 heterocycles. The van der Waals surface area contributed by atoms with Gasteiger partial charge in [0, 0.05) is 11.9 Å². The molecule has 1 aromatic heterocycles. The summed E-state index contributed by atoms with van der Waals surface area (Å²) in [6.45, 7) is 7.99. The summed E-state index contributed by atoms with van der Waals surface area (Å²) in [5.74, 6) is -0.735. The molecular weight excluding hydrogens is 391 g/mol. The fourth-order valence-corrected chi connectivity index (χ4v) is 3.48. The van der Waals surface area contributed by atoms with Gasteiger partial charge in [-0.05, 0) is 19.1 Å². The van der Waals surface area contributed by atoms with Gasteiger partial charge < -0.3 is 50.0 Å². The number of rotatable bonds is 5. The second-order valence-corrected chi connectivity index (χ2v) is 6.41. The third-order valence-electron chi connectivity index (χ3n) is 4.86. The number of aryl methyl sites for hydroxylation is 1. The Morgan fingerprint density at radius 1 is 1.26 bits per heavy atom. The number of aromatic nitrogens is 1. The van der Waals surface area contributed by atoms with Crippen molar-refractivity contribution in [1.82, 2.24) is 9.88 Å². The molecule has 1 fully saturated rings. The zero-order valence-electron chi connectivity index (χ0n) is 15.3. The molecule has 1 aromatic carbocycles. The molecule has 1 saturated heterocycles. The number of nitrogens with two attached hydrogens (primary N) is 1. The van der Waals surface area contributed by atoms with E-state index >= 15 is 0 Å². The first kappa shape index (κ1) is 23.2. The standard InChI is InChI=1S/C18H24N4O3.2ClH/c1-2-22-14-6-4-3-5-13(14)16(23)15(18(22)25)17(24)20-9-12-21-10-7-19-8-11-21;;/h3-6,19,23H,2,7-12H2,1H3,(H,20,24);2*1H. The maximum Gasteiger partial charge on any atom is 0.267 e. The summed E-state index contributed by atoms with van der Waals surface area (Å²) in [4.78, 5) is 26.7. The van der Waals surface area contributed by atoms with Crippen LogP contribution in [0.25, 0.3) is 10.9 Å². The number of carbonyl (C=O) groups is 1. The predicted molar refractivity (Wildman–Crippen MR) is 95.1 cm³/mol. The average molecular weight is 417 g/mol. The molecule has 2 aromatic rings. The number of piperazine rings is 1. The van der Waals surface area contributed by atoms with Crippen molar-refractivity contribution >= 4 is 16.8 Å². The summed E-state index contributed by atoms with van der Waals surface area (Å²) in [5, 5.41) is 16.1. The van der Waals surface area contributed by atoms with Crippen LogP contribution in [0.4, 0.5) is 0 Å². The van der Waals surface area contributed by atoms with Gasteiger partial charge in [-0.25, -0.2) is 0 Å². The third kappa shape index (κ3) is 4.93. The lowest BCUT2D eigenvalue weighted by Gasteiger charge is -2.22. The molecule has 0 radical (unpaired) electrons. The molecule has 9 heteroatoms. The molecule has 0 spiro atoms. The van der Waals surface area contributed by atoms with Crippen molar-refractivity contribution in [2.45, 2.75) is 13.5 Å². The van der Waals surface area contributed by atoms with Gasteiger partial charge in [0.15, 0.2) is 0 Å². The zero-order valence-corrected chi connectivity index (χ0v) is 16.8. The van der Waals surface area contributed by atoms with Gasteiger partial charge in [-0.15, -0.1) is 0 Å². The topological polar surface area (TPSA) is 92.4 Å². The number of benzene rings is 1. The molecule has 7 nitrogen and oxygen atoms in total. The Labute approximate surface area is 170 Å². The van der Waals surface area contributed by atoms with Crippen LogP contribution < -0.4 is 45.9 Å². The second-order valence-electron chi connectivity index (χ2n) is 6.41. The Balaban J connectivity index is 0.00000182. The Hall–Kier alpha value is -1.80. The summed E-state index contributed by atoms with van der Waals surface area (Å²) in [5.41, 5.74) is 0.0247. The van der Waals surface area contributed by atoms with Crippen LogP contribution in [-0.4, -0.2) is 54.8 Å². The zero-order chi connectivity index (χ0) is 17.8. The minimum absolute atomic E-state index is 0. The summed E-state index contributed by atoms with van der Waals surface area (Å²) in [6, 6.07) is 7.09. The van der Waals surface area contributed by atoms with Crippen LogP contribution in [-0.2, 0) is 6.54 Å². The minimum atomic E-state index is -0.501. The van der Waals surface area contributed by atoms with E-state index in [9.17, 15) is 14.7 Å². The van der Waals surface area contributed by atoms with Gasteiger partial charge in [-0.3, -0.25) is 9.59 Å². The van der Waals surface area contributed by atoms with E-state index in [2.05, 4.69) is 10.6 Å². The molecule has 27 heavy (non-hydrogen) atoms. The average Bonchev–Trinajstić information content (AvgIpc) is 2.63. The smallest absolute Gasteiger partial charge is 0.267 e. The number of para-hydroxylation sites is 1. The number of nitrogens with one attached hydrogen (secondary N) is 2. The molecule has 5 N–H and O–H groups in total. The predicted octanol–water partition coefficient (Wildman–Crippen LogP) is -8.07. The molecule has 1 amide bonds. The van der Waals surface area contributed by atoms with E-state index in [-0.39, 0.29) is 36.1 Å². The van der Waals surface area contributed by atoms with Gasteiger partial charge in [0.1, 0.15) is 37.5 Å². The monoisotopic (exact) mass is 416 g/mol. The van der Waals surface area contributed by atoms with Crippen LogP contribution in [0, 0.1) is 0 Å². The maximum atomic E-state index is 12.7. The lowest BCUT2D eigenvalue weighted by atomic mass is 10.1. The van der Waals surface area contributed by atoms with E-state index in [0.717, 1.165) is 32.7 Å². The molecule has 0 aliphatic carbocycles. The van der Waals surface area contributed by atoms with Gasteiger partial charge in [-0.2, -0.15) is 0 Å². The van der Waals surface area contributed by atoms with E-state index < -0.39 is 11.5 Å². The first-order chi connectivity index (χ1) is 12.1. The highest BCUT2D eigenvalue weighted by Crippen LogP contribution is 2.25. The van der Waals surface area contributed by atoms with Crippen LogP contribution >= 0.6 is 0 Å². The van der Waals surface area contributed by atoms with Gasteiger partial charge in [0.05, 0.1) is 18.6 Å². The molecule has 1 aliphatic heterocycles. The third-order valence-corrected chi connectivity index (χ3v) is 4.86. The summed E-state index contributed by atoms with van der Waals surface area (Å²) in [6.07, 6.45) is 0. The number of hydrogen-bond acceptors (Lipinski definition) is 3. The van der Waals surface area contributed by atoms with Crippen molar-refractivity contribution in [2.24, 2.45) is 0 Å². The van der Waals surface area contributed by atoms with Crippen LogP contribution in [0.15, 0.2) is 29.1 Å². The SMILES string of the molecule is CCn1c(=O)c(C(=O)NCC[NH+]2CC[NH2+]CC2)c(O)c2ccccc21.[Cl-].[Cl-]. The number of hydrogen-bond donors (Lipinski definition) is 4. The number of fused-ring (bicyclic) bond motifs is 1. The van der Waals surface area contributed by atoms with Crippen LogP contribution in [0.2, 0.25) is 0 Å². The number of quaternary nitrogens is 2. The second kappa shape index (κ2) is 10.5. The van der Waals surface area contributed by atoms with E-state index in [4.69, 9.17) is 0 Å². The highest BCUT2D eigenvalue weighted by Gasteiger charge is 2.22. The lowest BCUT2D eigenvalue weighted by molar-refractivity contribution is -0.945. The molecule has 3 rings (SSSR count). The van der Waals surface area contributed by atoms with Gasteiger partial charge in [0.25, 0.3) is 11.5 Å². The summed E-state index contributed by atoms with van der Waals surface area (Å²) >= 11 is 0. The quantitative estimate of drug-likeness (QED) is 0.390. The van der Waals surface area contributed by atoms with Crippen molar-refractivity contribution in [2.75, 3.05) is 39.3 Å². The summed E-state index contributed by atoms with van der Waals surface area (Å²) < 4.78 is 1.52. The Bertz CT molecular complexity index is 835. The van der Waals surface area contributed by atoms with Crippen LogP contribution in [0.5, 0.6) is 5.75 Å². The normalized spacial score (nSPS) is 14.3. The van der Waals surface area contributed by atoms with Crippen molar-refractivity contribution in [3.8, 4) is 5.75 Å². The Kier molecular flexibility index (Phi) is 9.05. The maximum absolute atomic E-state index is 12.7. The molecule has 0 unspecified atom stereocenters. The molecule has 1 aliphatic rings. The van der Waals surface area contributed by atoms with Crippen molar-refractivity contribution in [1.29, 1.82) is 0 Å². The first-order valence-electron chi connectivity index (χ1n) is 8.91. The highest BCUT2D eigenvalue weighted by atomic mass is 35.5. The van der Waals surface area contributed by atoms with E-state index in [1.54, 1.807) is 18.2 Å². The molecule has 150 valence electrons. The number of aromatic hydroxyl groups is 1. The first-order valence-corrected chi connectivity index (χ1v) is 8.91. The molecular formula is C18H26Cl2N4O3. The van der Waals surface area contributed by atoms with Crippen molar-refractivity contribution in [3.63, 3.8) is 0 Å². The molecule has 0 bridgehead atoms. The van der Waals surface area contributed by atoms with Crippen LogP contribution in [0.3, 0.4) is 0 Å². The van der Waals surface area contributed by atoms with E-state index in [0.29, 0.717) is 24.0 Å². The Morgan fingerprint density at radius 3 is 2.59 bits per heavy atom. The fraction of sp³-hybridized carbons (Fsp3) is 0.444. The largest absolute Gasteiger partial charge is 1.00 e. The lowest BCUT2D eigenvalue weighted by Crippen LogP contribution is -3.20.